The summed E-state index contributed by atoms with van der Waals surface area (Å²) < 4.78 is 15.6. The molecule has 0 radical (unpaired) electrons. The highest BCUT2D eigenvalue weighted by atomic mass is 16.6. The molecule has 0 atom stereocenters. The molecule has 0 amide bonds. The Morgan fingerprint density at radius 1 is 1.26 bits per heavy atom. The Hall–Kier alpha value is -2.30. The summed E-state index contributed by atoms with van der Waals surface area (Å²) in [5, 5.41) is 0. The number of aromatic nitrogens is 1. The molecule has 2 aromatic rings. The summed E-state index contributed by atoms with van der Waals surface area (Å²) in [5.74, 6) is 0.526. The summed E-state index contributed by atoms with van der Waals surface area (Å²) in [7, 11) is 1.30. The molecule has 0 saturated carbocycles. The van der Waals surface area contributed by atoms with Gasteiger partial charge in [0.1, 0.15) is 11.5 Å². The molecule has 0 unspecified atom stereocenters. The molecule has 0 aliphatic heterocycles. The van der Waals surface area contributed by atoms with E-state index in [9.17, 15) is 4.79 Å². The zero-order valence-corrected chi connectivity index (χ0v) is 11.0. The number of hydrogen-bond acceptors (Lipinski definition) is 5. The molecule has 5 heteroatoms. The molecular formula is C14H15NO4. The van der Waals surface area contributed by atoms with Crippen molar-refractivity contribution in [2.45, 2.75) is 19.8 Å². The van der Waals surface area contributed by atoms with Gasteiger partial charge in [-0.2, -0.15) is 4.98 Å². The van der Waals surface area contributed by atoms with Gasteiger partial charge in [-0.25, -0.2) is 4.79 Å². The van der Waals surface area contributed by atoms with E-state index in [-0.39, 0.29) is 17.7 Å². The van der Waals surface area contributed by atoms with E-state index >= 15 is 0 Å². The average Bonchev–Trinajstić information content (AvgIpc) is 2.83. The van der Waals surface area contributed by atoms with Gasteiger partial charge >= 0.3 is 12.0 Å². The fourth-order valence-electron chi connectivity index (χ4n) is 1.58. The third-order valence-corrected chi connectivity index (χ3v) is 2.49. The molecule has 0 fully saturated rings. The standard InChI is InChI=1S/C14H15NO4/c1-9(2)12-11(13(16)17-3)15-14(19-12)18-10-7-5-4-6-8-10/h4-9H,1-3H3. The maximum atomic E-state index is 11.6. The first-order chi connectivity index (χ1) is 9.11. The Kier molecular flexibility index (Phi) is 3.85. The van der Waals surface area contributed by atoms with Crippen molar-refractivity contribution >= 4 is 5.97 Å². The lowest BCUT2D eigenvalue weighted by molar-refractivity contribution is 0.0591. The zero-order chi connectivity index (χ0) is 13.8. The van der Waals surface area contributed by atoms with Crippen LogP contribution < -0.4 is 4.74 Å². The lowest BCUT2D eigenvalue weighted by Gasteiger charge is -2.01. The molecule has 1 heterocycles. The minimum atomic E-state index is -0.532. The molecular weight excluding hydrogens is 246 g/mol. The van der Waals surface area contributed by atoms with Gasteiger partial charge in [0.2, 0.25) is 0 Å². The summed E-state index contributed by atoms with van der Waals surface area (Å²) in [6.07, 6.45) is 0.0373. The van der Waals surface area contributed by atoms with Gasteiger partial charge in [-0.15, -0.1) is 0 Å². The van der Waals surface area contributed by atoms with Crippen LogP contribution in [0.1, 0.15) is 36.0 Å². The summed E-state index contributed by atoms with van der Waals surface area (Å²) in [6, 6.07) is 9.10. The molecule has 0 aliphatic carbocycles. The summed E-state index contributed by atoms with van der Waals surface area (Å²) in [5.41, 5.74) is 0.156. The molecule has 0 N–H and O–H groups in total. The third kappa shape index (κ3) is 2.93. The predicted octanol–water partition coefficient (Wildman–Crippen LogP) is 3.38. The van der Waals surface area contributed by atoms with Crippen LogP contribution in [0, 0.1) is 0 Å². The molecule has 0 saturated heterocycles. The number of ether oxygens (including phenoxy) is 2. The number of nitrogens with zero attached hydrogens (tertiary/aromatic N) is 1. The minimum Gasteiger partial charge on any atom is -0.464 e. The number of para-hydroxylation sites is 1. The molecule has 0 bridgehead atoms. The average molecular weight is 261 g/mol. The predicted molar refractivity (Wildman–Crippen MR) is 68.4 cm³/mol. The molecule has 0 aliphatic rings. The van der Waals surface area contributed by atoms with Crippen molar-refractivity contribution in [3.8, 4) is 11.8 Å². The van der Waals surface area contributed by atoms with Crippen LogP contribution in [0.25, 0.3) is 0 Å². The number of oxazole rings is 1. The second-order valence-electron chi connectivity index (χ2n) is 4.25. The molecule has 5 nitrogen and oxygen atoms in total. The van der Waals surface area contributed by atoms with Crippen LogP contribution >= 0.6 is 0 Å². The SMILES string of the molecule is COC(=O)c1nc(Oc2ccccc2)oc1C(C)C. The second-order valence-corrected chi connectivity index (χ2v) is 4.25. The summed E-state index contributed by atoms with van der Waals surface area (Å²) in [6.45, 7) is 3.80. The van der Waals surface area contributed by atoms with Crippen molar-refractivity contribution in [2.75, 3.05) is 7.11 Å². The van der Waals surface area contributed by atoms with Crippen LogP contribution in [-0.4, -0.2) is 18.1 Å². The maximum absolute atomic E-state index is 11.6. The first-order valence-corrected chi connectivity index (χ1v) is 5.93. The molecule has 1 aromatic carbocycles. The molecule has 100 valence electrons. The van der Waals surface area contributed by atoms with Crippen LogP contribution in [0.3, 0.4) is 0 Å². The number of hydrogen-bond donors (Lipinski definition) is 0. The number of carbonyl (C=O) groups excluding carboxylic acids is 1. The Balaban J connectivity index is 2.30. The molecule has 0 spiro atoms. The third-order valence-electron chi connectivity index (χ3n) is 2.49. The Labute approximate surface area is 111 Å². The van der Waals surface area contributed by atoms with Crippen molar-refractivity contribution in [1.82, 2.24) is 4.98 Å². The maximum Gasteiger partial charge on any atom is 0.400 e. The number of esters is 1. The fraction of sp³-hybridized carbons (Fsp3) is 0.286. The van der Waals surface area contributed by atoms with Gasteiger partial charge in [0.05, 0.1) is 7.11 Å². The van der Waals surface area contributed by atoms with E-state index in [0.717, 1.165) is 0 Å². The van der Waals surface area contributed by atoms with E-state index in [2.05, 4.69) is 9.72 Å². The van der Waals surface area contributed by atoms with Gasteiger partial charge < -0.3 is 13.9 Å². The zero-order valence-electron chi connectivity index (χ0n) is 11.0. The molecule has 1 aromatic heterocycles. The van der Waals surface area contributed by atoms with Crippen molar-refractivity contribution in [1.29, 1.82) is 0 Å². The summed E-state index contributed by atoms with van der Waals surface area (Å²) in [4.78, 5) is 15.6. The highest BCUT2D eigenvalue weighted by Gasteiger charge is 2.23. The highest BCUT2D eigenvalue weighted by molar-refractivity contribution is 5.88. The highest BCUT2D eigenvalue weighted by Crippen LogP contribution is 2.28. The van der Waals surface area contributed by atoms with Gasteiger partial charge in [-0.3, -0.25) is 0 Å². The van der Waals surface area contributed by atoms with Crippen LogP contribution in [0.4, 0.5) is 0 Å². The van der Waals surface area contributed by atoms with Crippen LogP contribution in [0.5, 0.6) is 11.8 Å². The fourth-order valence-corrected chi connectivity index (χ4v) is 1.58. The lowest BCUT2D eigenvalue weighted by atomic mass is 10.1. The molecule has 19 heavy (non-hydrogen) atoms. The second kappa shape index (κ2) is 5.56. The van der Waals surface area contributed by atoms with Gasteiger partial charge in [-0.05, 0) is 12.1 Å². The number of carbonyl (C=O) groups is 1. The van der Waals surface area contributed by atoms with Crippen LogP contribution in [-0.2, 0) is 4.74 Å². The van der Waals surface area contributed by atoms with E-state index in [4.69, 9.17) is 9.15 Å². The van der Waals surface area contributed by atoms with Crippen molar-refractivity contribution in [3.63, 3.8) is 0 Å². The van der Waals surface area contributed by atoms with Gasteiger partial charge in [0.25, 0.3) is 0 Å². The molecule has 2 rings (SSSR count). The monoisotopic (exact) mass is 261 g/mol. The van der Waals surface area contributed by atoms with Crippen LogP contribution in [0.15, 0.2) is 34.7 Å². The first kappa shape index (κ1) is 13.1. The van der Waals surface area contributed by atoms with E-state index in [0.29, 0.717) is 11.5 Å². The number of rotatable bonds is 4. The largest absolute Gasteiger partial charge is 0.464 e. The first-order valence-electron chi connectivity index (χ1n) is 5.93. The van der Waals surface area contributed by atoms with E-state index in [1.54, 1.807) is 12.1 Å². The van der Waals surface area contributed by atoms with Crippen molar-refractivity contribution in [2.24, 2.45) is 0 Å². The quantitative estimate of drug-likeness (QED) is 0.789. The van der Waals surface area contributed by atoms with Crippen molar-refractivity contribution < 1.29 is 18.7 Å². The van der Waals surface area contributed by atoms with Crippen LogP contribution in [0.2, 0.25) is 0 Å². The van der Waals surface area contributed by atoms with Gasteiger partial charge in [-0.1, -0.05) is 32.0 Å². The topological polar surface area (TPSA) is 61.6 Å². The van der Waals surface area contributed by atoms with Gasteiger partial charge in [0.15, 0.2) is 5.69 Å². The van der Waals surface area contributed by atoms with E-state index in [1.807, 2.05) is 32.0 Å². The Morgan fingerprint density at radius 2 is 1.95 bits per heavy atom. The normalized spacial score (nSPS) is 10.5. The lowest BCUT2D eigenvalue weighted by Crippen LogP contribution is -2.05. The number of benzene rings is 1. The van der Waals surface area contributed by atoms with Gasteiger partial charge in [0, 0.05) is 5.92 Å². The number of methoxy groups -OCH3 is 1. The summed E-state index contributed by atoms with van der Waals surface area (Å²) >= 11 is 0. The minimum absolute atomic E-state index is 0.00900. The Morgan fingerprint density at radius 3 is 2.53 bits per heavy atom. The van der Waals surface area contributed by atoms with E-state index in [1.165, 1.54) is 7.11 Å². The Bertz CT molecular complexity index is 560. The van der Waals surface area contributed by atoms with Crippen molar-refractivity contribution in [3.05, 3.63) is 41.8 Å². The van der Waals surface area contributed by atoms with E-state index < -0.39 is 5.97 Å². The smallest absolute Gasteiger partial charge is 0.400 e.